The Morgan fingerprint density at radius 2 is 1.80 bits per heavy atom. The van der Waals surface area contributed by atoms with Crippen LogP contribution in [0.2, 0.25) is 0 Å². The van der Waals surface area contributed by atoms with E-state index in [4.69, 9.17) is 11.5 Å². The first-order valence-corrected chi connectivity index (χ1v) is 6.28. The standard InChI is InChI=1S/C13H10BrF2N3O/c14-7-4-9(16)12(5-8(7)15)19-11-2-1-6(13(18)20)3-10(11)17/h1-5,19H,17H2,(H2,18,20). The molecule has 5 N–H and O–H groups in total. The third-order valence-corrected chi connectivity index (χ3v) is 3.22. The smallest absolute Gasteiger partial charge is 0.248 e. The first-order valence-electron chi connectivity index (χ1n) is 5.49. The summed E-state index contributed by atoms with van der Waals surface area (Å²) in [5.41, 5.74) is 11.6. The molecule has 104 valence electrons. The first-order chi connectivity index (χ1) is 9.38. The van der Waals surface area contributed by atoms with Crippen LogP contribution in [-0.2, 0) is 0 Å². The highest BCUT2D eigenvalue weighted by atomic mass is 79.9. The van der Waals surface area contributed by atoms with Crippen molar-refractivity contribution < 1.29 is 13.6 Å². The Kier molecular flexibility index (Phi) is 3.89. The maximum absolute atomic E-state index is 13.7. The van der Waals surface area contributed by atoms with Crippen LogP contribution in [0.4, 0.5) is 25.8 Å². The minimum absolute atomic E-state index is 0.0256. The van der Waals surface area contributed by atoms with Gasteiger partial charge in [0.2, 0.25) is 5.91 Å². The molecule has 1 amide bonds. The van der Waals surface area contributed by atoms with Crippen molar-refractivity contribution in [3.63, 3.8) is 0 Å². The van der Waals surface area contributed by atoms with Crippen LogP contribution in [0.15, 0.2) is 34.8 Å². The summed E-state index contributed by atoms with van der Waals surface area (Å²) in [6.07, 6.45) is 0. The Morgan fingerprint density at radius 1 is 1.10 bits per heavy atom. The van der Waals surface area contributed by atoms with Gasteiger partial charge >= 0.3 is 0 Å². The molecular formula is C13H10BrF2N3O. The molecule has 0 bridgehead atoms. The number of nitrogen functional groups attached to an aromatic ring is 1. The van der Waals surface area contributed by atoms with Gasteiger partial charge in [-0.15, -0.1) is 0 Å². The molecule has 0 atom stereocenters. The number of halogens is 3. The third kappa shape index (κ3) is 2.88. The summed E-state index contributed by atoms with van der Waals surface area (Å²) in [4.78, 5) is 11.0. The van der Waals surface area contributed by atoms with Crippen molar-refractivity contribution in [2.45, 2.75) is 0 Å². The normalized spacial score (nSPS) is 10.3. The van der Waals surface area contributed by atoms with E-state index < -0.39 is 17.5 Å². The number of rotatable bonds is 3. The average Bonchev–Trinajstić information content (AvgIpc) is 2.37. The van der Waals surface area contributed by atoms with Gasteiger partial charge in [0.1, 0.15) is 11.6 Å². The molecule has 0 saturated carbocycles. The summed E-state index contributed by atoms with van der Waals surface area (Å²) in [7, 11) is 0. The molecule has 0 radical (unpaired) electrons. The number of hydrogen-bond acceptors (Lipinski definition) is 3. The van der Waals surface area contributed by atoms with Crippen LogP contribution < -0.4 is 16.8 Å². The molecule has 2 rings (SSSR count). The Balaban J connectivity index is 2.35. The van der Waals surface area contributed by atoms with Crippen molar-refractivity contribution >= 4 is 38.9 Å². The van der Waals surface area contributed by atoms with E-state index in [1.807, 2.05) is 0 Å². The number of amides is 1. The molecule has 0 aliphatic rings. The van der Waals surface area contributed by atoms with Gasteiger partial charge in [-0.2, -0.15) is 0 Å². The van der Waals surface area contributed by atoms with Crippen LogP contribution in [-0.4, -0.2) is 5.91 Å². The van der Waals surface area contributed by atoms with E-state index in [9.17, 15) is 13.6 Å². The fraction of sp³-hybridized carbons (Fsp3) is 0. The molecule has 0 unspecified atom stereocenters. The van der Waals surface area contributed by atoms with Crippen LogP contribution in [0.1, 0.15) is 10.4 Å². The summed E-state index contributed by atoms with van der Waals surface area (Å²) in [6, 6.07) is 6.27. The molecule has 0 spiro atoms. The Bertz CT molecular complexity index is 692. The number of benzene rings is 2. The van der Waals surface area contributed by atoms with E-state index in [1.54, 1.807) is 0 Å². The van der Waals surface area contributed by atoms with Crippen molar-refractivity contribution in [3.05, 3.63) is 52.0 Å². The number of anilines is 3. The van der Waals surface area contributed by atoms with E-state index in [-0.39, 0.29) is 21.4 Å². The molecule has 2 aromatic rings. The zero-order valence-corrected chi connectivity index (χ0v) is 11.7. The Hall–Kier alpha value is -2.15. The van der Waals surface area contributed by atoms with Crippen molar-refractivity contribution in [3.8, 4) is 0 Å². The molecule has 0 heterocycles. The second-order valence-corrected chi connectivity index (χ2v) is 4.89. The lowest BCUT2D eigenvalue weighted by atomic mass is 10.1. The zero-order chi connectivity index (χ0) is 14.9. The van der Waals surface area contributed by atoms with Crippen molar-refractivity contribution in [2.75, 3.05) is 11.1 Å². The minimum atomic E-state index is -0.642. The summed E-state index contributed by atoms with van der Waals surface area (Å²) in [5, 5.41) is 2.66. The number of carbonyl (C=O) groups is 1. The van der Waals surface area contributed by atoms with Crippen LogP contribution in [0.25, 0.3) is 0 Å². The number of nitrogens with two attached hydrogens (primary N) is 2. The fourth-order valence-electron chi connectivity index (χ4n) is 1.59. The van der Waals surface area contributed by atoms with E-state index in [1.165, 1.54) is 18.2 Å². The van der Waals surface area contributed by atoms with Gasteiger partial charge in [-0.25, -0.2) is 8.78 Å². The predicted molar refractivity (Wildman–Crippen MR) is 76.7 cm³/mol. The van der Waals surface area contributed by atoms with Crippen LogP contribution in [0.5, 0.6) is 0 Å². The summed E-state index contributed by atoms with van der Waals surface area (Å²) in [5.74, 6) is -1.87. The molecule has 0 aliphatic heterocycles. The Morgan fingerprint density at radius 3 is 2.40 bits per heavy atom. The largest absolute Gasteiger partial charge is 0.397 e. The minimum Gasteiger partial charge on any atom is -0.397 e. The van der Waals surface area contributed by atoms with Crippen molar-refractivity contribution in [1.82, 2.24) is 0 Å². The molecule has 2 aromatic carbocycles. The topological polar surface area (TPSA) is 81.1 Å². The zero-order valence-electron chi connectivity index (χ0n) is 10.1. The van der Waals surface area contributed by atoms with Gasteiger partial charge in [0.25, 0.3) is 0 Å². The molecule has 0 saturated heterocycles. The average molecular weight is 342 g/mol. The highest BCUT2D eigenvalue weighted by Gasteiger charge is 2.10. The first kappa shape index (κ1) is 14.3. The second-order valence-electron chi connectivity index (χ2n) is 4.04. The van der Waals surface area contributed by atoms with Gasteiger partial charge in [-0.1, -0.05) is 0 Å². The van der Waals surface area contributed by atoms with Gasteiger partial charge in [0, 0.05) is 11.6 Å². The van der Waals surface area contributed by atoms with Crippen LogP contribution >= 0.6 is 15.9 Å². The van der Waals surface area contributed by atoms with Crippen molar-refractivity contribution in [2.24, 2.45) is 5.73 Å². The Labute approximate surface area is 121 Å². The van der Waals surface area contributed by atoms with Gasteiger partial charge in [-0.05, 0) is 40.2 Å². The molecule has 0 aliphatic carbocycles. The molecule has 20 heavy (non-hydrogen) atoms. The fourth-order valence-corrected chi connectivity index (χ4v) is 1.91. The van der Waals surface area contributed by atoms with E-state index in [2.05, 4.69) is 21.2 Å². The van der Waals surface area contributed by atoms with Gasteiger partial charge in [0.15, 0.2) is 0 Å². The van der Waals surface area contributed by atoms with E-state index in [0.29, 0.717) is 5.69 Å². The third-order valence-electron chi connectivity index (χ3n) is 2.62. The molecule has 0 aromatic heterocycles. The van der Waals surface area contributed by atoms with Crippen LogP contribution in [0.3, 0.4) is 0 Å². The monoisotopic (exact) mass is 341 g/mol. The van der Waals surface area contributed by atoms with Gasteiger partial charge in [-0.3, -0.25) is 4.79 Å². The maximum Gasteiger partial charge on any atom is 0.248 e. The molecule has 7 heteroatoms. The lowest BCUT2D eigenvalue weighted by molar-refractivity contribution is 0.100. The predicted octanol–water partition coefficient (Wildman–Crippen LogP) is 3.15. The van der Waals surface area contributed by atoms with Crippen LogP contribution in [0, 0.1) is 11.6 Å². The highest BCUT2D eigenvalue weighted by molar-refractivity contribution is 9.10. The van der Waals surface area contributed by atoms with E-state index in [0.717, 1.165) is 12.1 Å². The lowest BCUT2D eigenvalue weighted by Gasteiger charge is -2.11. The SMILES string of the molecule is NC(=O)c1ccc(Nc2cc(F)c(Br)cc2F)c(N)c1. The second kappa shape index (κ2) is 5.46. The highest BCUT2D eigenvalue weighted by Crippen LogP contribution is 2.29. The molecular weight excluding hydrogens is 332 g/mol. The summed E-state index contributed by atoms with van der Waals surface area (Å²) >= 11 is 2.89. The van der Waals surface area contributed by atoms with Crippen molar-refractivity contribution in [1.29, 1.82) is 0 Å². The van der Waals surface area contributed by atoms with Gasteiger partial charge < -0.3 is 16.8 Å². The lowest BCUT2D eigenvalue weighted by Crippen LogP contribution is -2.11. The van der Waals surface area contributed by atoms with Gasteiger partial charge in [0.05, 0.1) is 21.5 Å². The number of primary amides is 1. The number of nitrogens with one attached hydrogen (secondary N) is 1. The maximum atomic E-state index is 13.7. The van der Waals surface area contributed by atoms with E-state index >= 15 is 0 Å². The summed E-state index contributed by atoms with van der Waals surface area (Å²) < 4.78 is 27.1. The quantitative estimate of drug-likeness (QED) is 0.592. The number of hydrogen-bond donors (Lipinski definition) is 3. The number of carbonyl (C=O) groups excluding carboxylic acids is 1. The molecule has 4 nitrogen and oxygen atoms in total. The molecule has 0 fully saturated rings. The summed E-state index contributed by atoms with van der Waals surface area (Å²) in [6.45, 7) is 0.